The zero-order valence-electron chi connectivity index (χ0n) is 23.6. The number of pyridine rings is 1. The minimum atomic E-state index is -0.443. The number of nitrogens with zero attached hydrogens (tertiary/aromatic N) is 3. The standard InChI is InChI=1S/C37H34FN3O/c38-37-32-24-31(20-21-33(32)41(40-37)34-13-4-5-23-42-34)36(35(29-11-6-12-29)28-9-2-1-3-10-28)30-18-16-26(17-19-30)14-15-27-8-7-22-39-25-27/h1-3,7-10,14-22,24-25,29,34H,4-6,11-13,23H2. The van der Waals surface area contributed by atoms with E-state index in [4.69, 9.17) is 4.74 Å². The first kappa shape index (κ1) is 26.5. The lowest BCUT2D eigenvalue weighted by molar-refractivity contribution is -0.0375. The molecule has 0 radical (unpaired) electrons. The smallest absolute Gasteiger partial charge is 0.240 e. The summed E-state index contributed by atoms with van der Waals surface area (Å²) in [5.41, 5.74) is 8.82. The van der Waals surface area contributed by atoms with Crippen molar-refractivity contribution in [1.82, 2.24) is 14.8 Å². The zero-order valence-corrected chi connectivity index (χ0v) is 23.6. The van der Waals surface area contributed by atoms with Gasteiger partial charge in [0, 0.05) is 19.0 Å². The Morgan fingerprint density at radius 2 is 1.60 bits per heavy atom. The topological polar surface area (TPSA) is 39.9 Å². The predicted molar refractivity (Wildman–Crippen MR) is 168 cm³/mol. The molecular formula is C37H34FN3O. The van der Waals surface area contributed by atoms with E-state index in [2.05, 4.69) is 82.9 Å². The second-order valence-electron chi connectivity index (χ2n) is 11.3. The molecular weight excluding hydrogens is 521 g/mol. The molecule has 1 saturated carbocycles. The number of halogens is 1. The maximum Gasteiger partial charge on any atom is 0.240 e. The second kappa shape index (κ2) is 11.9. The van der Waals surface area contributed by atoms with Crippen LogP contribution in [0.25, 0.3) is 34.2 Å². The summed E-state index contributed by atoms with van der Waals surface area (Å²) in [4.78, 5) is 4.20. The number of allylic oxidation sites excluding steroid dienone is 1. The van der Waals surface area contributed by atoms with E-state index < -0.39 is 5.95 Å². The van der Waals surface area contributed by atoms with Crippen molar-refractivity contribution in [3.63, 3.8) is 0 Å². The lowest BCUT2D eigenvalue weighted by atomic mass is 9.73. The number of hydrogen-bond acceptors (Lipinski definition) is 3. The molecule has 0 N–H and O–H groups in total. The number of ether oxygens (including phenoxy) is 1. The van der Waals surface area contributed by atoms with Crippen LogP contribution in [0.4, 0.5) is 4.39 Å². The summed E-state index contributed by atoms with van der Waals surface area (Å²) in [5, 5.41) is 4.84. The fourth-order valence-corrected chi connectivity index (χ4v) is 6.20. The molecule has 4 nitrogen and oxygen atoms in total. The summed E-state index contributed by atoms with van der Waals surface area (Å²) in [7, 11) is 0. The molecule has 1 aliphatic carbocycles. The van der Waals surface area contributed by atoms with Crippen LogP contribution in [-0.4, -0.2) is 21.4 Å². The van der Waals surface area contributed by atoms with Crippen LogP contribution in [0.1, 0.15) is 72.6 Å². The molecule has 7 rings (SSSR count). The van der Waals surface area contributed by atoms with Gasteiger partial charge in [-0.05, 0) is 95.2 Å². The van der Waals surface area contributed by atoms with Crippen LogP contribution in [0.5, 0.6) is 0 Å². The first-order valence-corrected chi connectivity index (χ1v) is 15.0. The van der Waals surface area contributed by atoms with E-state index in [1.54, 1.807) is 10.9 Å². The SMILES string of the molecule is Fc1nn(C2CCCCO2)c2ccc(C(=C(c3ccccc3)C3CCC3)c3ccc(C=Cc4cccnc4)cc3)cc12. The number of hydrogen-bond donors (Lipinski definition) is 0. The molecule has 5 heteroatoms. The van der Waals surface area contributed by atoms with E-state index in [0.717, 1.165) is 65.4 Å². The van der Waals surface area contributed by atoms with E-state index in [9.17, 15) is 0 Å². The lowest BCUT2D eigenvalue weighted by Gasteiger charge is -2.31. The summed E-state index contributed by atoms with van der Waals surface area (Å²) in [6.45, 7) is 0.688. The summed E-state index contributed by atoms with van der Waals surface area (Å²) < 4.78 is 23.1. The van der Waals surface area contributed by atoms with Gasteiger partial charge in [-0.2, -0.15) is 4.39 Å². The van der Waals surface area contributed by atoms with Gasteiger partial charge in [0.25, 0.3) is 0 Å². The zero-order chi connectivity index (χ0) is 28.3. The molecule has 3 aromatic carbocycles. The predicted octanol–water partition coefficient (Wildman–Crippen LogP) is 9.20. The van der Waals surface area contributed by atoms with Crippen molar-refractivity contribution in [2.75, 3.05) is 6.61 Å². The van der Waals surface area contributed by atoms with E-state index in [0.29, 0.717) is 17.9 Å². The van der Waals surface area contributed by atoms with Gasteiger partial charge in [0.1, 0.15) is 0 Å². The van der Waals surface area contributed by atoms with Gasteiger partial charge in [-0.3, -0.25) is 4.98 Å². The Hall–Kier alpha value is -4.35. The summed E-state index contributed by atoms with van der Waals surface area (Å²) in [5.74, 6) is 0.0209. The Morgan fingerprint density at radius 1 is 0.786 bits per heavy atom. The highest BCUT2D eigenvalue weighted by Gasteiger charge is 2.28. The van der Waals surface area contributed by atoms with Gasteiger partial charge in [0.2, 0.25) is 5.95 Å². The number of aromatic nitrogens is 3. The Kier molecular flexibility index (Phi) is 7.50. The molecule has 5 aromatic rings. The molecule has 42 heavy (non-hydrogen) atoms. The highest BCUT2D eigenvalue weighted by Crippen LogP contribution is 2.45. The molecule has 3 heterocycles. The van der Waals surface area contributed by atoms with Gasteiger partial charge in [-0.1, -0.05) is 85.3 Å². The van der Waals surface area contributed by atoms with Crippen LogP contribution < -0.4 is 0 Å². The second-order valence-corrected chi connectivity index (χ2v) is 11.3. The maximum absolute atomic E-state index is 15.4. The average Bonchev–Trinajstić information content (AvgIpc) is 3.36. The highest BCUT2D eigenvalue weighted by molar-refractivity contribution is 6.01. The molecule has 0 amide bonds. The molecule has 1 saturated heterocycles. The first-order valence-electron chi connectivity index (χ1n) is 15.0. The first-order chi connectivity index (χ1) is 20.7. The van der Waals surface area contributed by atoms with Gasteiger partial charge in [-0.15, -0.1) is 5.10 Å². The van der Waals surface area contributed by atoms with E-state index in [1.165, 1.54) is 17.6 Å². The van der Waals surface area contributed by atoms with Crippen molar-refractivity contribution in [3.8, 4) is 0 Å². The molecule has 210 valence electrons. The van der Waals surface area contributed by atoms with E-state index >= 15 is 4.39 Å². The van der Waals surface area contributed by atoms with Crippen LogP contribution in [0, 0.1) is 11.9 Å². The van der Waals surface area contributed by atoms with Gasteiger partial charge >= 0.3 is 0 Å². The molecule has 1 atom stereocenters. The van der Waals surface area contributed by atoms with Gasteiger partial charge in [0.15, 0.2) is 6.23 Å². The Bertz CT molecular complexity index is 1730. The average molecular weight is 556 g/mol. The van der Waals surface area contributed by atoms with Crippen LogP contribution in [0.15, 0.2) is 97.3 Å². The maximum atomic E-state index is 15.4. The van der Waals surface area contributed by atoms with Crippen molar-refractivity contribution < 1.29 is 9.13 Å². The minimum Gasteiger partial charge on any atom is -0.356 e. The number of rotatable bonds is 7. The van der Waals surface area contributed by atoms with E-state index in [1.807, 2.05) is 30.5 Å². The Labute approximate surface area is 246 Å². The van der Waals surface area contributed by atoms with Gasteiger partial charge in [0.05, 0.1) is 10.9 Å². The molecule has 2 aliphatic rings. The van der Waals surface area contributed by atoms with Crippen LogP contribution in [0.2, 0.25) is 0 Å². The van der Waals surface area contributed by atoms with Crippen LogP contribution >= 0.6 is 0 Å². The fourth-order valence-electron chi connectivity index (χ4n) is 6.20. The Balaban J connectivity index is 1.35. The van der Waals surface area contributed by atoms with Crippen molar-refractivity contribution in [3.05, 3.63) is 131 Å². The normalized spacial score (nSPS) is 18.3. The molecule has 1 unspecified atom stereocenters. The summed E-state index contributed by atoms with van der Waals surface area (Å²) in [6, 6.07) is 29.5. The van der Waals surface area contributed by atoms with Crippen molar-refractivity contribution in [2.24, 2.45) is 5.92 Å². The molecule has 1 aliphatic heterocycles. The van der Waals surface area contributed by atoms with E-state index in [-0.39, 0.29) is 6.23 Å². The third kappa shape index (κ3) is 5.33. The van der Waals surface area contributed by atoms with Crippen molar-refractivity contribution in [1.29, 1.82) is 0 Å². The molecule has 2 fully saturated rings. The highest BCUT2D eigenvalue weighted by atomic mass is 19.1. The molecule has 0 spiro atoms. The largest absolute Gasteiger partial charge is 0.356 e. The quantitative estimate of drug-likeness (QED) is 0.188. The van der Waals surface area contributed by atoms with Crippen molar-refractivity contribution in [2.45, 2.75) is 44.8 Å². The lowest BCUT2D eigenvalue weighted by Crippen LogP contribution is -2.19. The number of fused-ring (bicyclic) bond motifs is 1. The van der Waals surface area contributed by atoms with Crippen LogP contribution in [-0.2, 0) is 4.74 Å². The van der Waals surface area contributed by atoms with Crippen LogP contribution in [0.3, 0.4) is 0 Å². The minimum absolute atomic E-state index is 0.214. The number of benzene rings is 3. The summed E-state index contributed by atoms with van der Waals surface area (Å²) >= 11 is 0. The molecule has 2 aromatic heterocycles. The third-order valence-electron chi connectivity index (χ3n) is 8.60. The monoisotopic (exact) mass is 555 g/mol. The van der Waals surface area contributed by atoms with Crippen molar-refractivity contribution >= 4 is 34.2 Å². The third-order valence-corrected chi connectivity index (χ3v) is 8.60. The fraction of sp³-hybridized carbons (Fsp3) is 0.243. The Morgan fingerprint density at radius 3 is 2.31 bits per heavy atom. The molecule has 0 bridgehead atoms. The summed E-state index contributed by atoms with van der Waals surface area (Å²) in [6.07, 6.45) is 14.1. The van der Waals surface area contributed by atoms with Gasteiger partial charge in [-0.25, -0.2) is 4.68 Å². The van der Waals surface area contributed by atoms with Gasteiger partial charge < -0.3 is 4.74 Å².